The molecule has 19 heavy (non-hydrogen) atoms. The van der Waals surface area contributed by atoms with Gasteiger partial charge in [-0.1, -0.05) is 30.7 Å². The molecule has 5 heteroatoms. The van der Waals surface area contributed by atoms with E-state index in [1.54, 1.807) is 0 Å². The molecule has 1 saturated carbocycles. The molecule has 1 aromatic heterocycles. The maximum absolute atomic E-state index is 4.82. The molecule has 1 heterocycles. The summed E-state index contributed by atoms with van der Waals surface area (Å²) in [5.41, 5.74) is 0.982. The lowest BCUT2D eigenvalue weighted by molar-refractivity contribution is 0.367. The van der Waals surface area contributed by atoms with Crippen molar-refractivity contribution in [3.8, 4) is 0 Å². The summed E-state index contributed by atoms with van der Waals surface area (Å²) in [4.78, 5) is 5.93. The van der Waals surface area contributed by atoms with Gasteiger partial charge in [0.25, 0.3) is 0 Å². The second-order valence-corrected chi connectivity index (χ2v) is 6.06. The van der Waals surface area contributed by atoms with Gasteiger partial charge in [0, 0.05) is 13.1 Å². The van der Waals surface area contributed by atoms with E-state index in [4.69, 9.17) is 4.99 Å². The van der Waals surface area contributed by atoms with Gasteiger partial charge in [-0.05, 0) is 43.6 Å². The Hall–Kier alpha value is -0.970. The number of aromatic nitrogens is 2. The van der Waals surface area contributed by atoms with Gasteiger partial charge in [-0.15, -0.1) is 5.10 Å². The highest BCUT2D eigenvalue weighted by Crippen LogP contribution is 2.24. The summed E-state index contributed by atoms with van der Waals surface area (Å²) >= 11 is 1.44. The maximum Gasteiger partial charge on any atom is 0.142 e. The third-order valence-electron chi connectivity index (χ3n) is 3.64. The van der Waals surface area contributed by atoms with Gasteiger partial charge in [0.05, 0.1) is 5.69 Å². The topological polar surface area (TPSA) is 50.2 Å². The van der Waals surface area contributed by atoms with Crippen molar-refractivity contribution in [2.24, 2.45) is 10.9 Å². The van der Waals surface area contributed by atoms with E-state index in [0.29, 0.717) is 0 Å². The molecular formula is C14H24N4S. The van der Waals surface area contributed by atoms with Crippen LogP contribution < -0.4 is 5.32 Å². The lowest BCUT2D eigenvalue weighted by atomic mass is 9.89. The summed E-state index contributed by atoms with van der Waals surface area (Å²) in [6.45, 7) is 6.08. The largest absolute Gasteiger partial charge is 0.369 e. The molecular weight excluding hydrogens is 256 g/mol. The Bertz CT molecular complexity index is 407. The van der Waals surface area contributed by atoms with Crippen LogP contribution in [0.5, 0.6) is 0 Å². The Morgan fingerprint density at radius 2 is 2.16 bits per heavy atom. The molecule has 0 aromatic carbocycles. The van der Waals surface area contributed by atoms with Crippen molar-refractivity contribution < 1.29 is 0 Å². The van der Waals surface area contributed by atoms with Gasteiger partial charge in [-0.3, -0.25) is 4.99 Å². The minimum atomic E-state index is 0.772. The number of amidine groups is 1. The highest BCUT2D eigenvalue weighted by Gasteiger charge is 2.15. The van der Waals surface area contributed by atoms with Crippen LogP contribution >= 0.6 is 11.5 Å². The van der Waals surface area contributed by atoms with E-state index in [-0.39, 0.29) is 0 Å². The molecule has 0 unspecified atom stereocenters. The molecule has 0 atom stereocenters. The Morgan fingerprint density at radius 3 is 2.79 bits per heavy atom. The minimum absolute atomic E-state index is 0.772. The third kappa shape index (κ3) is 4.27. The van der Waals surface area contributed by atoms with Crippen LogP contribution in [0.1, 0.15) is 56.0 Å². The van der Waals surface area contributed by atoms with E-state index in [1.165, 1.54) is 43.6 Å². The second kappa shape index (κ2) is 7.58. The van der Waals surface area contributed by atoms with Crippen LogP contribution in [0, 0.1) is 12.8 Å². The van der Waals surface area contributed by atoms with E-state index in [1.807, 2.05) is 6.92 Å². The summed E-state index contributed by atoms with van der Waals surface area (Å²) in [6, 6.07) is 0. The van der Waals surface area contributed by atoms with Gasteiger partial charge in [0.2, 0.25) is 0 Å². The molecule has 1 fully saturated rings. The Balaban J connectivity index is 2.01. The fourth-order valence-electron chi connectivity index (χ4n) is 2.49. The number of hydrogen-bond acceptors (Lipinski definition) is 4. The first-order valence-electron chi connectivity index (χ1n) is 7.39. The van der Waals surface area contributed by atoms with Gasteiger partial charge >= 0.3 is 0 Å². The molecule has 0 bridgehead atoms. The van der Waals surface area contributed by atoms with E-state index in [2.05, 4.69) is 21.8 Å². The number of nitrogens with one attached hydrogen (secondary N) is 1. The average Bonchev–Trinajstić information content (AvgIpc) is 2.86. The second-order valence-electron chi connectivity index (χ2n) is 5.31. The molecule has 1 aliphatic rings. The predicted octanol–water partition coefficient (Wildman–Crippen LogP) is 3.17. The smallest absolute Gasteiger partial charge is 0.142 e. The lowest BCUT2D eigenvalue weighted by Crippen LogP contribution is -2.26. The van der Waals surface area contributed by atoms with Crippen LogP contribution in [0.3, 0.4) is 0 Å². The number of rotatable bonds is 5. The first-order valence-corrected chi connectivity index (χ1v) is 8.16. The number of aliphatic imine (C=N–C) groups is 1. The van der Waals surface area contributed by atoms with E-state index in [9.17, 15) is 0 Å². The molecule has 2 rings (SSSR count). The van der Waals surface area contributed by atoms with Gasteiger partial charge in [0.1, 0.15) is 10.7 Å². The molecule has 1 aromatic rings. The SMILES string of the molecule is CCCNC(=NCC1CCCCC1)c1snnc1C. The summed E-state index contributed by atoms with van der Waals surface area (Å²) in [7, 11) is 0. The maximum atomic E-state index is 4.82. The highest BCUT2D eigenvalue weighted by molar-refractivity contribution is 7.08. The standard InChI is InChI=1S/C14H24N4S/c1-3-9-15-14(13-11(2)17-18-19-13)16-10-12-7-5-4-6-8-12/h12H,3-10H2,1-2H3,(H,15,16). The molecule has 106 valence electrons. The average molecular weight is 280 g/mol. The van der Waals surface area contributed by atoms with Crippen LogP contribution in [0.15, 0.2) is 4.99 Å². The van der Waals surface area contributed by atoms with Crippen molar-refractivity contribution in [3.63, 3.8) is 0 Å². The first kappa shape index (κ1) is 14.4. The van der Waals surface area contributed by atoms with Crippen molar-refractivity contribution in [1.29, 1.82) is 0 Å². The van der Waals surface area contributed by atoms with E-state index < -0.39 is 0 Å². The molecule has 0 radical (unpaired) electrons. The van der Waals surface area contributed by atoms with Crippen molar-refractivity contribution in [2.45, 2.75) is 52.4 Å². The zero-order chi connectivity index (χ0) is 13.5. The van der Waals surface area contributed by atoms with Crippen LogP contribution in [0.25, 0.3) is 0 Å². The van der Waals surface area contributed by atoms with Crippen molar-refractivity contribution in [1.82, 2.24) is 14.9 Å². The molecule has 0 spiro atoms. The van der Waals surface area contributed by atoms with Crippen LogP contribution in [-0.4, -0.2) is 28.5 Å². The first-order chi connectivity index (χ1) is 9.31. The predicted molar refractivity (Wildman–Crippen MR) is 80.9 cm³/mol. The molecule has 1 aliphatic carbocycles. The Morgan fingerprint density at radius 1 is 1.37 bits per heavy atom. The van der Waals surface area contributed by atoms with Crippen molar-refractivity contribution >= 4 is 17.4 Å². The summed E-state index contributed by atoms with van der Waals surface area (Å²) < 4.78 is 4.02. The van der Waals surface area contributed by atoms with Gasteiger partial charge in [0.15, 0.2) is 0 Å². The highest BCUT2D eigenvalue weighted by atomic mass is 32.1. The van der Waals surface area contributed by atoms with E-state index in [0.717, 1.165) is 41.8 Å². The van der Waals surface area contributed by atoms with Gasteiger partial charge in [-0.2, -0.15) is 0 Å². The van der Waals surface area contributed by atoms with Crippen LogP contribution in [-0.2, 0) is 0 Å². The lowest BCUT2D eigenvalue weighted by Gasteiger charge is -2.20. The van der Waals surface area contributed by atoms with Gasteiger partial charge < -0.3 is 5.32 Å². The van der Waals surface area contributed by atoms with Gasteiger partial charge in [-0.25, -0.2) is 0 Å². The third-order valence-corrected chi connectivity index (χ3v) is 4.48. The Labute approximate surface area is 119 Å². The molecule has 0 aliphatic heterocycles. The number of aryl methyl sites for hydroxylation is 1. The molecule has 0 amide bonds. The fourth-order valence-corrected chi connectivity index (χ4v) is 3.13. The molecule has 1 N–H and O–H groups in total. The van der Waals surface area contributed by atoms with Crippen molar-refractivity contribution in [3.05, 3.63) is 10.6 Å². The molecule has 4 nitrogen and oxygen atoms in total. The van der Waals surface area contributed by atoms with Crippen LogP contribution in [0.2, 0.25) is 0 Å². The quantitative estimate of drug-likeness (QED) is 0.666. The zero-order valence-electron chi connectivity index (χ0n) is 12.0. The van der Waals surface area contributed by atoms with E-state index >= 15 is 0 Å². The summed E-state index contributed by atoms with van der Waals surface area (Å²) in [6.07, 6.45) is 7.93. The van der Waals surface area contributed by atoms with Crippen molar-refractivity contribution in [2.75, 3.05) is 13.1 Å². The monoisotopic (exact) mass is 280 g/mol. The van der Waals surface area contributed by atoms with Crippen LogP contribution in [0.4, 0.5) is 0 Å². The minimum Gasteiger partial charge on any atom is -0.369 e. The number of nitrogens with zero attached hydrogens (tertiary/aromatic N) is 3. The molecule has 0 saturated heterocycles. The summed E-state index contributed by atoms with van der Waals surface area (Å²) in [5.74, 6) is 1.77. The zero-order valence-corrected chi connectivity index (χ0v) is 12.8. The Kier molecular flexibility index (Phi) is 5.76. The summed E-state index contributed by atoms with van der Waals surface area (Å²) in [5, 5.41) is 7.52. The number of hydrogen-bond donors (Lipinski definition) is 1. The fraction of sp³-hybridized carbons (Fsp3) is 0.786. The normalized spacial score (nSPS) is 17.7.